The first-order valence-electron chi connectivity index (χ1n) is 5.42. The van der Waals surface area contributed by atoms with Crippen LogP contribution in [-0.4, -0.2) is 24.9 Å². The summed E-state index contributed by atoms with van der Waals surface area (Å²) in [6.45, 7) is 2.95. The van der Waals surface area contributed by atoms with Crippen LogP contribution in [0.4, 0.5) is 0 Å². The van der Waals surface area contributed by atoms with Gasteiger partial charge in [-0.05, 0) is 12.8 Å². The maximum atomic E-state index is 10.3. The van der Waals surface area contributed by atoms with Crippen molar-refractivity contribution in [2.45, 2.75) is 45.4 Å². The van der Waals surface area contributed by atoms with Crippen molar-refractivity contribution in [1.29, 1.82) is 0 Å². The molecule has 0 rings (SSSR count). The second-order valence-electron chi connectivity index (χ2n) is 3.46. The minimum absolute atomic E-state index is 0.879. The SMILES string of the molecule is CCC#CCCCCCCN(C)C=O. The normalized spacial score (nSPS) is 9.00. The van der Waals surface area contributed by atoms with Crippen LogP contribution in [0.1, 0.15) is 45.4 Å². The van der Waals surface area contributed by atoms with Crippen LogP contribution in [0.25, 0.3) is 0 Å². The molecule has 0 fully saturated rings. The molecule has 0 aliphatic rings. The Hall–Kier alpha value is -0.970. The third-order valence-corrected chi connectivity index (χ3v) is 2.04. The molecule has 0 aromatic carbocycles. The summed E-state index contributed by atoms with van der Waals surface area (Å²) in [6.07, 6.45) is 7.60. The smallest absolute Gasteiger partial charge is 0.209 e. The Balaban J connectivity index is 3.10. The highest BCUT2D eigenvalue weighted by Crippen LogP contribution is 2.02. The van der Waals surface area contributed by atoms with Crippen molar-refractivity contribution in [3.8, 4) is 11.8 Å². The second kappa shape index (κ2) is 10.1. The Morgan fingerprint density at radius 3 is 2.50 bits per heavy atom. The number of hydrogen-bond acceptors (Lipinski definition) is 1. The van der Waals surface area contributed by atoms with Crippen molar-refractivity contribution < 1.29 is 4.79 Å². The summed E-state index contributed by atoms with van der Waals surface area (Å²) in [5.41, 5.74) is 0. The van der Waals surface area contributed by atoms with Gasteiger partial charge in [0.15, 0.2) is 0 Å². The first kappa shape index (κ1) is 13.0. The summed E-state index contributed by atoms with van der Waals surface area (Å²) in [5.74, 6) is 6.19. The number of carbonyl (C=O) groups is 1. The van der Waals surface area contributed by atoms with Gasteiger partial charge < -0.3 is 4.90 Å². The van der Waals surface area contributed by atoms with E-state index in [1.807, 2.05) is 7.05 Å². The maximum absolute atomic E-state index is 10.3. The average molecular weight is 195 g/mol. The number of nitrogens with zero attached hydrogens (tertiary/aromatic N) is 1. The van der Waals surface area contributed by atoms with E-state index in [-0.39, 0.29) is 0 Å². The van der Waals surface area contributed by atoms with Crippen LogP contribution in [0.5, 0.6) is 0 Å². The third kappa shape index (κ3) is 9.12. The topological polar surface area (TPSA) is 20.3 Å². The van der Waals surface area contributed by atoms with Crippen LogP contribution in [0.2, 0.25) is 0 Å². The van der Waals surface area contributed by atoms with Crippen LogP contribution >= 0.6 is 0 Å². The molecule has 1 amide bonds. The number of hydrogen-bond donors (Lipinski definition) is 0. The van der Waals surface area contributed by atoms with Crippen LogP contribution in [-0.2, 0) is 4.79 Å². The lowest BCUT2D eigenvalue weighted by Crippen LogP contribution is -2.16. The molecule has 0 aliphatic heterocycles. The minimum atomic E-state index is 0.879. The third-order valence-electron chi connectivity index (χ3n) is 2.04. The average Bonchev–Trinajstić information content (AvgIpc) is 2.21. The van der Waals surface area contributed by atoms with Gasteiger partial charge in [0.1, 0.15) is 0 Å². The molecule has 0 radical (unpaired) electrons. The van der Waals surface area contributed by atoms with Gasteiger partial charge in [-0.2, -0.15) is 0 Å². The molecular formula is C12H21NO. The van der Waals surface area contributed by atoms with Crippen molar-refractivity contribution in [3.05, 3.63) is 0 Å². The Bertz CT molecular complexity index is 190. The minimum Gasteiger partial charge on any atom is -0.348 e. The molecule has 0 spiro atoms. The lowest BCUT2D eigenvalue weighted by atomic mass is 10.1. The molecule has 0 N–H and O–H groups in total. The van der Waals surface area contributed by atoms with Gasteiger partial charge in [0.05, 0.1) is 0 Å². The summed E-state index contributed by atoms with van der Waals surface area (Å²) in [6, 6.07) is 0. The van der Waals surface area contributed by atoms with Crippen LogP contribution in [0, 0.1) is 11.8 Å². The highest BCUT2D eigenvalue weighted by molar-refractivity contribution is 5.46. The maximum Gasteiger partial charge on any atom is 0.209 e. The van der Waals surface area contributed by atoms with Gasteiger partial charge >= 0.3 is 0 Å². The zero-order valence-electron chi connectivity index (χ0n) is 9.38. The van der Waals surface area contributed by atoms with Crippen molar-refractivity contribution >= 4 is 6.41 Å². The molecule has 0 saturated heterocycles. The lowest BCUT2D eigenvalue weighted by Gasteiger charge is -2.08. The van der Waals surface area contributed by atoms with Gasteiger partial charge in [-0.1, -0.05) is 19.8 Å². The van der Waals surface area contributed by atoms with E-state index in [4.69, 9.17) is 0 Å². The Morgan fingerprint density at radius 1 is 1.14 bits per heavy atom. The van der Waals surface area contributed by atoms with E-state index in [0.29, 0.717) is 0 Å². The highest BCUT2D eigenvalue weighted by Gasteiger charge is 1.92. The highest BCUT2D eigenvalue weighted by atomic mass is 16.1. The first-order valence-corrected chi connectivity index (χ1v) is 5.42. The summed E-state index contributed by atoms with van der Waals surface area (Å²) in [4.78, 5) is 11.9. The predicted octanol–water partition coefficient (Wildman–Crippen LogP) is 2.44. The van der Waals surface area contributed by atoms with Gasteiger partial charge in [0.25, 0.3) is 0 Å². The van der Waals surface area contributed by atoms with E-state index in [0.717, 1.165) is 32.2 Å². The molecule has 80 valence electrons. The summed E-state index contributed by atoms with van der Waals surface area (Å²) >= 11 is 0. The van der Waals surface area contributed by atoms with Gasteiger partial charge in [-0.3, -0.25) is 4.79 Å². The van der Waals surface area contributed by atoms with Gasteiger partial charge in [0.2, 0.25) is 6.41 Å². The molecule has 0 heterocycles. The monoisotopic (exact) mass is 195 g/mol. The Kier molecular flexibility index (Phi) is 9.41. The molecule has 0 aliphatic carbocycles. The zero-order chi connectivity index (χ0) is 10.6. The molecule has 2 nitrogen and oxygen atoms in total. The molecular weight excluding hydrogens is 174 g/mol. The van der Waals surface area contributed by atoms with Crippen LogP contribution in [0.3, 0.4) is 0 Å². The van der Waals surface area contributed by atoms with Crippen molar-refractivity contribution in [3.63, 3.8) is 0 Å². The Labute approximate surface area is 87.7 Å². The summed E-state index contributed by atoms with van der Waals surface area (Å²) in [5, 5.41) is 0. The molecule has 0 atom stereocenters. The summed E-state index contributed by atoms with van der Waals surface area (Å²) < 4.78 is 0. The fourth-order valence-electron chi connectivity index (χ4n) is 1.19. The quantitative estimate of drug-likeness (QED) is 0.347. The van der Waals surface area contributed by atoms with E-state index < -0.39 is 0 Å². The zero-order valence-corrected chi connectivity index (χ0v) is 9.38. The summed E-state index contributed by atoms with van der Waals surface area (Å²) in [7, 11) is 1.82. The fourth-order valence-corrected chi connectivity index (χ4v) is 1.19. The van der Waals surface area contributed by atoms with Gasteiger partial charge in [-0.25, -0.2) is 0 Å². The molecule has 0 unspecified atom stereocenters. The largest absolute Gasteiger partial charge is 0.348 e. The van der Waals surface area contributed by atoms with E-state index in [9.17, 15) is 4.79 Å². The molecule has 0 aromatic rings. The van der Waals surface area contributed by atoms with Crippen LogP contribution in [0.15, 0.2) is 0 Å². The fraction of sp³-hybridized carbons (Fsp3) is 0.750. The van der Waals surface area contributed by atoms with Crippen molar-refractivity contribution in [2.24, 2.45) is 0 Å². The van der Waals surface area contributed by atoms with E-state index in [2.05, 4.69) is 18.8 Å². The number of unbranched alkanes of at least 4 members (excludes halogenated alkanes) is 4. The van der Waals surface area contributed by atoms with Crippen molar-refractivity contribution in [2.75, 3.05) is 13.6 Å². The number of carbonyl (C=O) groups excluding carboxylic acids is 1. The van der Waals surface area contributed by atoms with Gasteiger partial charge in [-0.15, -0.1) is 11.8 Å². The van der Waals surface area contributed by atoms with E-state index >= 15 is 0 Å². The number of rotatable bonds is 7. The first-order chi connectivity index (χ1) is 6.81. The second-order valence-corrected chi connectivity index (χ2v) is 3.46. The van der Waals surface area contributed by atoms with Crippen molar-refractivity contribution in [1.82, 2.24) is 4.90 Å². The molecule has 14 heavy (non-hydrogen) atoms. The molecule has 0 saturated carbocycles. The van der Waals surface area contributed by atoms with E-state index in [1.165, 1.54) is 19.3 Å². The lowest BCUT2D eigenvalue weighted by molar-refractivity contribution is -0.117. The molecule has 2 heteroatoms. The number of amides is 1. The van der Waals surface area contributed by atoms with Crippen LogP contribution < -0.4 is 0 Å². The van der Waals surface area contributed by atoms with E-state index in [1.54, 1.807) is 4.90 Å². The van der Waals surface area contributed by atoms with Gasteiger partial charge in [0, 0.05) is 26.4 Å². The standard InChI is InChI=1S/C12H21NO/c1-3-4-5-6-7-8-9-10-11-13(2)12-14/h12H,3,6-11H2,1-2H3. The molecule has 0 aromatic heterocycles. The predicted molar refractivity (Wildman–Crippen MR) is 59.8 cm³/mol. The molecule has 0 bridgehead atoms. The Morgan fingerprint density at radius 2 is 1.86 bits per heavy atom.